The Labute approximate surface area is 159 Å². The zero-order valence-corrected chi connectivity index (χ0v) is 14.6. The first-order valence-corrected chi connectivity index (χ1v) is 8.44. The number of anilines is 2. The molecule has 0 fully saturated rings. The Balaban J connectivity index is 1.54. The van der Waals surface area contributed by atoms with Gasteiger partial charge in [-0.05, 0) is 29.8 Å². The van der Waals surface area contributed by atoms with Crippen molar-refractivity contribution in [3.63, 3.8) is 0 Å². The minimum absolute atomic E-state index is 0.0319. The van der Waals surface area contributed by atoms with E-state index in [1.54, 1.807) is 29.3 Å². The number of nitrogens with one attached hydrogen (secondary N) is 1. The van der Waals surface area contributed by atoms with Crippen molar-refractivity contribution < 1.29 is 4.92 Å². The standard InChI is InChI=1S/C19H15N7O2/c27-26(28)17-6-4-16(5-7-17)23-19-21-9-8-18(24-19)15-3-1-2-14(10-15)11-25-13-20-12-22-25/h1-10,12-13H,11H2,(H,21,23,24). The summed E-state index contributed by atoms with van der Waals surface area (Å²) >= 11 is 0. The molecule has 0 saturated heterocycles. The zero-order chi connectivity index (χ0) is 19.3. The first kappa shape index (κ1) is 17.3. The van der Waals surface area contributed by atoms with Gasteiger partial charge in [0.25, 0.3) is 5.69 Å². The Morgan fingerprint density at radius 2 is 1.96 bits per heavy atom. The van der Waals surface area contributed by atoms with Crippen LogP contribution in [0, 0.1) is 10.1 Å². The molecule has 4 rings (SSSR count). The lowest BCUT2D eigenvalue weighted by molar-refractivity contribution is -0.384. The largest absolute Gasteiger partial charge is 0.324 e. The molecule has 2 aromatic carbocycles. The van der Waals surface area contributed by atoms with Crippen molar-refractivity contribution in [1.29, 1.82) is 0 Å². The van der Waals surface area contributed by atoms with Crippen molar-refractivity contribution in [3.8, 4) is 11.3 Å². The van der Waals surface area contributed by atoms with Gasteiger partial charge in [-0.25, -0.2) is 19.6 Å². The Kier molecular flexibility index (Phi) is 4.70. The summed E-state index contributed by atoms with van der Waals surface area (Å²) in [6.07, 6.45) is 4.84. The average molecular weight is 373 g/mol. The van der Waals surface area contributed by atoms with Crippen LogP contribution >= 0.6 is 0 Å². The summed E-state index contributed by atoms with van der Waals surface area (Å²) in [6, 6.07) is 15.9. The summed E-state index contributed by atoms with van der Waals surface area (Å²) < 4.78 is 1.75. The van der Waals surface area contributed by atoms with Gasteiger partial charge >= 0.3 is 0 Å². The van der Waals surface area contributed by atoms with E-state index in [0.717, 1.165) is 16.8 Å². The number of benzene rings is 2. The summed E-state index contributed by atoms with van der Waals surface area (Å²) in [6.45, 7) is 0.618. The van der Waals surface area contributed by atoms with Crippen molar-refractivity contribution in [1.82, 2.24) is 24.7 Å². The lowest BCUT2D eigenvalue weighted by atomic mass is 10.1. The van der Waals surface area contributed by atoms with E-state index in [9.17, 15) is 10.1 Å². The number of hydrogen-bond donors (Lipinski definition) is 1. The highest BCUT2D eigenvalue weighted by atomic mass is 16.6. The van der Waals surface area contributed by atoms with Crippen LogP contribution in [-0.4, -0.2) is 29.7 Å². The van der Waals surface area contributed by atoms with Gasteiger partial charge in [0, 0.05) is 29.6 Å². The SMILES string of the molecule is O=[N+]([O-])c1ccc(Nc2nccc(-c3cccc(Cn4cncn4)c3)n2)cc1. The molecule has 2 heterocycles. The fourth-order valence-corrected chi connectivity index (χ4v) is 2.71. The first-order chi connectivity index (χ1) is 13.7. The monoisotopic (exact) mass is 373 g/mol. The van der Waals surface area contributed by atoms with Gasteiger partial charge in [0.2, 0.25) is 5.95 Å². The topological polar surface area (TPSA) is 112 Å². The van der Waals surface area contributed by atoms with E-state index in [0.29, 0.717) is 18.2 Å². The molecule has 0 aliphatic carbocycles. The Morgan fingerprint density at radius 1 is 1.11 bits per heavy atom. The second kappa shape index (κ2) is 7.62. The van der Waals surface area contributed by atoms with Crippen LogP contribution in [0.5, 0.6) is 0 Å². The molecule has 2 aromatic heterocycles. The molecule has 9 nitrogen and oxygen atoms in total. The number of nitrogens with zero attached hydrogens (tertiary/aromatic N) is 6. The average Bonchev–Trinajstić information content (AvgIpc) is 3.22. The molecule has 138 valence electrons. The molecule has 0 radical (unpaired) electrons. The Bertz CT molecular complexity index is 1100. The third-order valence-electron chi connectivity index (χ3n) is 4.02. The number of hydrogen-bond acceptors (Lipinski definition) is 7. The smallest absolute Gasteiger partial charge is 0.269 e. The molecule has 1 N–H and O–H groups in total. The van der Waals surface area contributed by atoms with Gasteiger partial charge in [0.15, 0.2) is 0 Å². The van der Waals surface area contributed by atoms with Crippen LogP contribution in [0.15, 0.2) is 73.4 Å². The molecule has 28 heavy (non-hydrogen) atoms. The van der Waals surface area contributed by atoms with Crippen LogP contribution in [0.25, 0.3) is 11.3 Å². The van der Waals surface area contributed by atoms with E-state index < -0.39 is 4.92 Å². The number of non-ortho nitro benzene ring substituents is 1. The van der Waals surface area contributed by atoms with Gasteiger partial charge in [-0.15, -0.1) is 0 Å². The molecule has 0 amide bonds. The molecule has 0 spiro atoms. The maximum atomic E-state index is 10.8. The highest BCUT2D eigenvalue weighted by molar-refractivity contribution is 5.63. The summed E-state index contributed by atoms with van der Waals surface area (Å²) in [5.74, 6) is 0.410. The maximum Gasteiger partial charge on any atom is 0.269 e. The minimum Gasteiger partial charge on any atom is -0.324 e. The molecule has 9 heteroatoms. The van der Waals surface area contributed by atoms with Gasteiger partial charge in [-0.1, -0.05) is 18.2 Å². The van der Waals surface area contributed by atoms with Crippen molar-refractivity contribution in [2.24, 2.45) is 0 Å². The predicted molar refractivity (Wildman–Crippen MR) is 103 cm³/mol. The van der Waals surface area contributed by atoms with Gasteiger partial charge in [0.05, 0.1) is 17.2 Å². The van der Waals surface area contributed by atoms with E-state index in [4.69, 9.17) is 0 Å². The van der Waals surface area contributed by atoms with Gasteiger partial charge in [-0.3, -0.25) is 10.1 Å². The van der Waals surface area contributed by atoms with E-state index in [1.165, 1.54) is 18.5 Å². The van der Waals surface area contributed by atoms with E-state index in [2.05, 4.69) is 25.4 Å². The van der Waals surface area contributed by atoms with Crippen molar-refractivity contribution in [3.05, 3.63) is 89.1 Å². The van der Waals surface area contributed by atoms with Crippen LogP contribution < -0.4 is 5.32 Å². The molecule has 4 aromatic rings. The van der Waals surface area contributed by atoms with Crippen LogP contribution in [0.4, 0.5) is 17.3 Å². The number of nitro groups is 1. The molecular weight excluding hydrogens is 358 g/mol. The molecule has 0 saturated carbocycles. The Morgan fingerprint density at radius 3 is 2.71 bits per heavy atom. The van der Waals surface area contributed by atoms with Gasteiger partial charge in [-0.2, -0.15) is 5.10 Å². The summed E-state index contributed by atoms with van der Waals surface area (Å²) in [7, 11) is 0. The maximum absolute atomic E-state index is 10.8. The third kappa shape index (κ3) is 3.98. The van der Waals surface area contributed by atoms with Crippen LogP contribution in [0.1, 0.15) is 5.56 Å². The first-order valence-electron chi connectivity index (χ1n) is 8.44. The minimum atomic E-state index is -0.437. The van der Waals surface area contributed by atoms with Crippen LogP contribution in [0.2, 0.25) is 0 Å². The summed E-state index contributed by atoms with van der Waals surface area (Å²) in [5, 5.41) is 17.9. The van der Waals surface area contributed by atoms with Crippen molar-refractivity contribution in [2.45, 2.75) is 6.54 Å². The number of aromatic nitrogens is 5. The van der Waals surface area contributed by atoms with Gasteiger partial charge < -0.3 is 5.32 Å². The molecule has 0 atom stereocenters. The second-order valence-electron chi connectivity index (χ2n) is 5.99. The molecule has 0 aliphatic rings. The Hall–Kier alpha value is -4.14. The lowest BCUT2D eigenvalue weighted by Crippen LogP contribution is -2.01. The van der Waals surface area contributed by atoms with Gasteiger partial charge in [0.1, 0.15) is 12.7 Å². The highest BCUT2D eigenvalue weighted by Gasteiger charge is 2.07. The molecule has 0 bridgehead atoms. The molecular formula is C19H15N7O2. The van der Waals surface area contributed by atoms with E-state index in [-0.39, 0.29) is 5.69 Å². The van der Waals surface area contributed by atoms with E-state index in [1.807, 2.05) is 30.3 Å². The summed E-state index contributed by atoms with van der Waals surface area (Å²) in [5.41, 5.74) is 3.49. The van der Waals surface area contributed by atoms with E-state index >= 15 is 0 Å². The summed E-state index contributed by atoms with van der Waals surface area (Å²) in [4.78, 5) is 23.0. The molecule has 0 aliphatic heterocycles. The highest BCUT2D eigenvalue weighted by Crippen LogP contribution is 2.22. The number of rotatable bonds is 6. The quantitative estimate of drug-likeness (QED) is 0.407. The fourth-order valence-electron chi connectivity index (χ4n) is 2.71. The van der Waals surface area contributed by atoms with Crippen molar-refractivity contribution >= 4 is 17.3 Å². The number of nitro benzene ring substituents is 1. The predicted octanol–water partition coefficient (Wildman–Crippen LogP) is 3.44. The third-order valence-corrected chi connectivity index (χ3v) is 4.02. The fraction of sp³-hybridized carbons (Fsp3) is 0.0526. The van der Waals surface area contributed by atoms with Crippen LogP contribution in [-0.2, 0) is 6.54 Å². The zero-order valence-electron chi connectivity index (χ0n) is 14.6. The van der Waals surface area contributed by atoms with Crippen LogP contribution in [0.3, 0.4) is 0 Å². The normalized spacial score (nSPS) is 10.6. The second-order valence-corrected chi connectivity index (χ2v) is 5.99. The molecule has 0 unspecified atom stereocenters. The lowest BCUT2D eigenvalue weighted by Gasteiger charge is -2.08. The van der Waals surface area contributed by atoms with Crippen molar-refractivity contribution in [2.75, 3.05) is 5.32 Å².